The van der Waals surface area contributed by atoms with E-state index in [9.17, 15) is 0 Å². The van der Waals surface area contributed by atoms with Crippen LogP contribution in [0.2, 0.25) is 0 Å². The van der Waals surface area contributed by atoms with Crippen LogP contribution < -0.4 is 5.32 Å². The van der Waals surface area contributed by atoms with Gasteiger partial charge < -0.3 is 5.32 Å². The average Bonchev–Trinajstić information content (AvgIpc) is 2.99. The topological polar surface area (TPSA) is 24.9 Å². The van der Waals surface area contributed by atoms with Gasteiger partial charge in [-0.05, 0) is 49.8 Å². The fraction of sp³-hybridized carbons (Fsp3) is 0.583. The Morgan fingerprint density at radius 1 is 1.43 bits per heavy atom. The second-order valence-electron chi connectivity index (χ2n) is 4.63. The number of hydrogen-bond acceptors (Lipinski definition) is 2. The molecule has 14 heavy (non-hydrogen) atoms. The lowest BCUT2D eigenvalue weighted by atomic mass is 9.80. The standard InChI is InChI=1S/C12H16N2/c1-13-11-10-9(3-2-8-14-10)4-5-12(11)6-7-12/h2-3,8,11,13H,4-7H2,1H3. The second-order valence-corrected chi connectivity index (χ2v) is 4.63. The molecule has 1 N–H and O–H groups in total. The first-order chi connectivity index (χ1) is 6.86. The van der Waals surface area contributed by atoms with Gasteiger partial charge in [-0.25, -0.2) is 0 Å². The van der Waals surface area contributed by atoms with Crippen molar-refractivity contribution >= 4 is 0 Å². The van der Waals surface area contributed by atoms with Crippen LogP contribution in [0.5, 0.6) is 0 Å². The third-order valence-corrected chi connectivity index (χ3v) is 3.89. The third kappa shape index (κ3) is 1.04. The molecule has 2 nitrogen and oxygen atoms in total. The van der Waals surface area contributed by atoms with Crippen molar-refractivity contribution in [1.29, 1.82) is 0 Å². The maximum absolute atomic E-state index is 4.54. The van der Waals surface area contributed by atoms with Crippen molar-refractivity contribution in [2.75, 3.05) is 7.05 Å². The van der Waals surface area contributed by atoms with Crippen LogP contribution in [0.25, 0.3) is 0 Å². The van der Waals surface area contributed by atoms with Gasteiger partial charge in [-0.2, -0.15) is 0 Å². The molecule has 2 aliphatic carbocycles. The van der Waals surface area contributed by atoms with Gasteiger partial charge in [-0.15, -0.1) is 0 Å². The SMILES string of the molecule is CNC1c2ncccc2CCC12CC2. The molecule has 3 rings (SSSR count). The van der Waals surface area contributed by atoms with E-state index < -0.39 is 0 Å². The number of aryl methyl sites for hydroxylation is 1. The van der Waals surface area contributed by atoms with Crippen molar-refractivity contribution < 1.29 is 0 Å². The van der Waals surface area contributed by atoms with E-state index >= 15 is 0 Å². The van der Waals surface area contributed by atoms with Gasteiger partial charge >= 0.3 is 0 Å². The van der Waals surface area contributed by atoms with Crippen molar-refractivity contribution in [2.24, 2.45) is 5.41 Å². The second kappa shape index (κ2) is 2.80. The van der Waals surface area contributed by atoms with E-state index in [0.29, 0.717) is 11.5 Å². The van der Waals surface area contributed by atoms with E-state index in [1.165, 1.54) is 36.9 Å². The van der Waals surface area contributed by atoms with Gasteiger partial charge in [0.2, 0.25) is 0 Å². The van der Waals surface area contributed by atoms with Crippen molar-refractivity contribution in [3.8, 4) is 0 Å². The van der Waals surface area contributed by atoms with Gasteiger partial charge in [0.05, 0.1) is 11.7 Å². The predicted molar refractivity (Wildman–Crippen MR) is 56.0 cm³/mol. The zero-order valence-electron chi connectivity index (χ0n) is 8.59. The summed E-state index contributed by atoms with van der Waals surface area (Å²) in [4.78, 5) is 4.54. The predicted octanol–water partition coefficient (Wildman–Crippen LogP) is 2.07. The molecule has 1 aromatic rings. The molecule has 1 saturated carbocycles. The Balaban J connectivity index is 2.06. The van der Waals surface area contributed by atoms with Gasteiger partial charge in [-0.3, -0.25) is 4.98 Å². The van der Waals surface area contributed by atoms with Gasteiger partial charge in [0.15, 0.2) is 0 Å². The first kappa shape index (κ1) is 8.42. The maximum atomic E-state index is 4.54. The summed E-state index contributed by atoms with van der Waals surface area (Å²) in [5.41, 5.74) is 3.32. The average molecular weight is 188 g/mol. The summed E-state index contributed by atoms with van der Waals surface area (Å²) >= 11 is 0. The molecule has 1 spiro atoms. The molecule has 2 aliphatic rings. The first-order valence-corrected chi connectivity index (χ1v) is 5.47. The summed E-state index contributed by atoms with van der Waals surface area (Å²) in [6.07, 6.45) is 7.26. The highest BCUT2D eigenvalue weighted by molar-refractivity contribution is 5.30. The fourth-order valence-corrected chi connectivity index (χ4v) is 2.88. The number of rotatable bonds is 1. The lowest BCUT2D eigenvalue weighted by Gasteiger charge is -2.32. The van der Waals surface area contributed by atoms with Gasteiger partial charge in [0, 0.05) is 6.20 Å². The van der Waals surface area contributed by atoms with Gasteiger partial charge in [0.25, 0.3) is 0 Å². The Kier molecular flexibility index (Phi) is 1.68. The molecule has 0 amide bonds. The number of aromatic nitrogens is 1. The summed E-state index contributed by atoms with van der Waals surface area (Å²) in [5, 5.41) is 3.45. The van der Waals surface area contributed by atoms with Crippen molar-refractivity contribution in [3.05, 3.63) is 29.6 Å². The first-order valence-electron chi connectivity index (χ1n) is 5.47. The normalized spacial score (nSPS) is 27.4. The Morgan fingerprint density at radius 3 is 3.00 bits per heavy atom. The molecule has 1 atom stereocenters. The van der Waals surface area contributed by atoms with E-state index in [1.54, 1.807) is 0 Å². The fourth-order valence-electron chi connectivity index (χ4n) is 2.88. The van der Waals surface area contributed by atoms with Crippen LogP contribution in [-0.4, -0.2) is 12.0 Å². The summed E-state index contributed by atoms with van der Waals surface area (Å²) in [5.74, 6) is 0. The number of hydrogen-bond donors (Lipinski definition) is 1. The summed E-state index contributed by atoms with van der Waals surface area (Å²) in [6.45, 7) is 0. The van der Waals surface area contributed by atoms with Crippen molar-refractivity contribution in [1.82, 2.24) is 10.3 Å². The Labute approximate surface area is 84.7 Å². The molecule has 1 unspecified atom stereocenters. The van der Waals surface area contributed by atoms with Gasteiger partial charge in [-0.1, -0.05) is 6.07 Å². The molecular weight excluding hydrogens is 172 g/mol. The Hall–Kier alpha value is -0.890. The highest BCUT2D eigenvalue weighted by Crippen LogP contribution is 2.60. The van der Waals surface area contributed by atoms with Crippen LogP contribution in [0.1, 0.15) is 36.6 Å². The summed E-state index contributed by atoms with van der Waals surface area (Å²) < 4.78 is 0. The molecule has 0 bridgehead atoms. The van der Waals surface area contributed by atoms with E-state index in [2.05, 4.69) is 29.5 Å². The number of pyridine rings is 1. The third-order valence-electron chi connectivity index (χ3n) is 3.89. The van der Waals surface area contributed by atoms with Crippen LogP contribution in [0.3, 0.4) is 0 Å². The Bertz CT molecular complexity index is 355. The monoisotopic (exact) mass is 188 g/mol. The molecule has 74 valence electrons. The number of nitrogens with one attached hydrogen (secondary N) is 1. The maximum Gasteiger partial charge on any atom is 0.0610 e. The van der Waals surface area contributed by atoms with E-state index in [-0.39, 0.29) is 0 Å². The van der Waals surface area contributed by atoms with Crippen molar-refractivity contribution in [2.45, 2.75) is 31.7 Å². The highest BCUT2D eigenvalue weighted by atomic mass is 15.0. The van der Waals surface area contributed by atoms with Crippen molar-refractivity contribution in [3.63, 3.8) is 0 Å². The zero-order valence-corrected chi connectivity index (χ0v) is 8.59. The van der Waals surface area contributed by atoms with E-state index in [0.717, 1.165) is 0 Å². The molecule has 2 heteroatoms. The van der Waals surface area contributed by atoms with Crippen LogP contribution in [0.4, 0.5) is 0 Å². The molecule has 1 heterocycles. The van der Waals surface area contributed by atoms with Crippen LogP contribution >= 0.6 is 0 Å². The number of fused-ring (bicyclic) bond motifs is 1. The molecule has 1 fully saturated rings. The molecular formula is C12H16N2. The van der Waals surface area contributed by atoms with Crippen LogP contribution in [0, 0.1) is 5.41 Å². The Morgan fingerprint density at radius 2 is 2.29 bits per heavy atom. The molecule has 0 aromatic carbocycles. The van der Waals surface area contributed by atoms with E-state index in [1.807, 2.05) is 6.20 Å². The summed E-state index contributed by atoms with van der Waals surface area (Å²) in [7, 11) is 2.06. The zero-order chi connectivity index (χ0) is 9.60. The summed E-state index contributed by atoms with van der Waals surface area (Å²) in [6, 6.07) is 4.78. The number of nitrogens with zero attached hydrogens (tertiary/aromatic N) is 1. The lowest BCUT2D eigenvalue weighted by Crippen LogP contribution is -2.32. The minimum Gasteiger partial charge on any atom is -0.311 e. The lowest BCUT2D eigenvalue weighted by molar-refractivity contribution is 0.305. The largest absolute Gasteiger partial charge is 0.311 e. The molecule has 0 radical (unpaired) electrons. The molecule has 1 aromatic heterocycles. The van der Waals surface area contributed by atoms with Crippen LogP contribution in [-0.2, 0) is 6.42 Å². The van der Waals surface area contributed by atoms with Gasteiger partial charge in [0.1, 0.15) is 0 Å². The highest BCUT2D eigenvalue weighted by Gasteiger charge is 2.51. The quantitative estimate of drug-likeness (QED) is 0.729. The van der Waals surface area contributed by atoms with E-state index in [4.69, 9.17) is 0 Å². The minimum atomic E-state index is 0.507. The molecule has 0 aliphatic heterocycles. The minimum absolute atomic E-state index is 0.507. The smallest absolute Gasteiger partial charge is 0.0610 e. The molecule has 0 saturated heterocycles. The van der Waals surface area contributed by atoms with Crippen LogP contribution in [0.15, 0.2) is 18.3 Å².